The summed E-state index contributed by atoms with van der Waals surface area (Å²) in [5.74, 6) is -0.584. The number of nitrogens with zero attached hydrogens (tertiary/aromatic N) is 1. The molecule has 0 saturated carbocycles. The van der Waals surface area contributed by atoms with Gasteiger partial charge in [-0.1, -0.05) is 6.08 Å². The first-order chi connectivity index (χ1) is 6.91. The van der Waals surface area contributed by atoms with Crippen molar-refractivity contribution in [1.82, 2.24) is 4.90 Å². The van der Waals surface area contributed by atoms with Crippen LogP contribution in [0.25, 0.3) is 0 Å². The van der Waals surface area contributed by atoms with Gasteiger partial charge in [0, 0.05) is 25.2 Å². The molecular formula is C9H15NO4S. The normalized spacial score (nSPS) is 22.6. The summed E-state index contributed by atoms with van der Waals surface area (Å²) in [6.45, 7) is 3.02. The fourth-order valence-corrected chi connectivity index (χ4v) is 2.56. The molecule has 1 N–H and O–H groups in total. The van der Waals surface area contributed by atoms with Crippen molar-refractivity contribution in [2.75, 3.05) is 31.1 Å². The van der Waals surface area contributed by atoms with Crippen LogP contribution in [0.4, 0.5) is 0 Å². The quantitative estimate of drug-likeness (QED) is 0.680. The number of sulfone groups is 1. The Morgan fingerprint density at radius 2 is 1.93 bits per heavy atom. The highest BCUT2D eigenvalue weighted by molar-refractivity contribution is 7.91. The Morgan fingerprint density at radius 1 is 1.40 bits per heavy atom. The van der Waals surface area contributed by atoms with Crippen molar-refractivity contribution in [3.63, 3.8) is 0 Å². The molecule has 1 saturated heterocycles. The van der Waals surface area contributed by atoms with Crippen molar-refractivity contribution in [1.29, 1.82) is 0 Å². The molecule has 0 aromatic rings. The van der Waals surface area contributed by atoms with Gasteiger partial charge in [-0.25, -0.2) is 13.2 Å². The summed E-state index contributed by atoms with van der Waals surface area (Å²) in [5, 5.41) is 8.61. The minimum Gasteiger partial charge on any atom is -0.478 e. The highest BCUT2D eigenvalue weighted by Crippen LogP contribution is 2.04. The van der Waals surface area contributed by atoms with Crippen molar-refractivity contribution < 1.29 is 18.3 Å². The molecule has 0 amide bonds. The van der Waals surface area contributed by atoms with E-state index in [-0.39, 0.29) is 11.5 Å². The second-order valence-corrected chi connectivity index (χ2v) is 5.95. The van der Waals surface area contributed by atoms with Crippen LogP contribution in [0.1, 0.15) is 6.92 Å². The Kier molecular flexibility index (Phi) is 3.87. The number of hydrogen-bond donors (Lipinski definition) is 1. The van der Waals surface area contributed by atoms with Crippen molar-refractivity contribution in [2.45, 2.75) is 6.92 Å². The maximum Gasteiger partial charge on any atom is 0.330 e. The van der Waals surface area contributed by atoms with Gasteiger partial charge in [-0.15, -0.1) is 0 Å². The van der Waals surface area contributed by atoms with Gasteiger partial charge < -0.3 is 5.11 Å². The van der Waals surface area contributed by atoms with Crippen LogP contribution >= 0.6 is 0 Å². The minimum atomic E-state index is -2.85. The summed E-state index contributed by atoms with van der Waals surface area (Å²) in [6.07, 6.45) is 1.61. The van der Waals surface area contributed by atoms with Gasteiger partial charge in [-0.2, -0.15) is 0 Å². The molecule has 6 heteroatoms. The fraction of sp³-hybridized carbons (Fsp3) is 0.667. The Bertz CT molecular complexity index is 358. The summed E-state index contributed by atoms with van der Waals surface area (Å²) in [4.78, 5) is 12.4. The van der Waals surface area contributed by atoms with Gasteiger partial charge in [0.2, 0.25) is 0 Å². The van der Waals surface area contributed by atoms with Crippen molar-refractivity contribution >= 4 is 15.8 Å². The summed E-state index contributed by atoms with van der Waals surface area (Å²) in [5.41, 5.74) is 0.295. The number of carbonyl (C=O) groups is 1. The van der Waals surface area contributed by atoms with Crippen LogP contribution in [0.5, 0.6) is 0 Å². The third kappa shape index (κ3) is 4.01. The summed E-state index contributed by atoms with van der Waals surface area (Å²) >= 11 is 0. The van der Waals surface area contributed by atoms with E-state index in [2.05, 4.69) is 0 Å². The predicted molar refractivity (Wildman–Crippen MR) is 56.5 cm³/mol. The van der Waals surface area contributed by atoms with Gasteiger partial charge in [0.1, 0.15) is 0 Å². The molecule has 86 valence electrons. The molecule has 15 heavy (non-hydrogen) atoms. The molecule has 1 fully saturated rings. The van der Waals surface area contributed by atoms with E-state index in [1.165, 1.54) is 6.92 Å². The standard InChI is InChI=1S/C9H15NO4S/c1-8(9(11)12)2-3-10-4-6-15(13,14)7-5-10/h2H,3-7H2,1H3,(H,11,12). The van der Waals surface area contributed by atoms with E-state index in [0.29, 0.717) is 25.2 Å². The van der Waals surface area contributed by atoms with Gasteiger partial charge in [0.25, 0.3) is 0 Å². The average Bonchev–Trinajstić information content (AvgIpc) is 2.15. The highest BCUT2D eigenvalue weighted by atomic mass is 32.2. The first kappa shape index (κ1) is 12.2. The van der Waals surface area contributed by atoms with Gasteiger partial charge >= 0.3 is 5.97 Å². The number of carboxylic acid groups (broad SMARTS) is 1. The Hall–Kier alpha value is -0.880. The van der Waals surface area contributed by atoms with Crippen molar-refractivity contribution in [3.05, 3.63) is 11.6 Å². The molecule has 0 spiro atoms. The molecule has 0 aliphatic carbocycles. The van der Waals surface area contributed by atoms with E-state index in [4.69, 9.17) is 5.11 Å². The summed E-state index contributed by atoms with van der Waals surface area (Å²) in [6, 6.07) is 0. The van der Waals surface area contributed by atoms with Crippen LogP contribution < -0.4 is 0 Å². The second-order valence-electron chi connectivity index (χ2n) is 3.64. The largest absolute Gasteiger partial charge is 0.478 e. The molecule has 0 radical (unpaired) electrons. The average molecular weight is 233 g/mol. The van der Waals surface area contributed by atoms with Gasteiger partial charge in [-0.3, -0.25) is 4.90 Å². The first-order valence-corrected chi connectivity index (χ1v) is 6.56. The zero-order valence-electron chi connectivity index (χ0n) is 8.64. The minimum absolute atomic E-state index is 0.174. The topological polar surface area (TPSA) is 74.7 Å². The highest BCUT2D eigenvalue weighted by Gasteiger charge is 2.20. The zero-order valence-corrected chi connectivity index (χ0v) is 9.46. The molecule has 0 aromatic carbocycles. The number of hydrogen-bond acceptors (Lipinski definition) is 4. The van der Waals surface area contributed by atoms with E-state index in [1.807, 2.05) is 4.90 Å². The Morgan fingerprint density at radius 3 is 2.40 bits per heavy atom. The van der Waals surface area contributed by atoms with Gasteiger partial charge in [0.05, 0.1) is 11.5 Å². The van der Waals surface area contributed by atoms with E-state index in [9.17, 15) is 13.2 Å². The first-order valence-electron chi connectivity index (χ1n) is 4.73. The number of rotatable bonds is 3. The smallest absolute Gasteiger partial charge is 0.330 e. The van der Waals surface area contributed by atoms with E-state index in [1.54, 1.807) is 6.08 Å². The van der Waals surface area contributed by atoms with Gasteiger partial charge in [0.15, 0.2) is 9.84 Å². The van der Waals surface area contributed by atoms with Crippen LogP contribution in [0.3, 0.4) is 0 Å². The monoisotopic (exact) mass is 233 g/mol. The van der Waals surface area contributed by atoms with E-state index >= 15 is 0 Å². The molecule has 1 aliphatic rings. The van der Waals surface area contributed by atoms with Crippen molar-refractivity contribution in [2.24, 2.45) is 0 Å². The summed E-state index contributed by atoms with van der Waals surface area (Å²) in [7, 11) is -2.85. The van der Waals surface area contributed by atoms with Crippen molar-refractivity contribution in [3.8, 4) is 0 Å². The van der Waals surface area contributed by atoms with Crippen LogP contribution in [0, 0.1) is 0 Å². The lowest BCUT2D eigenvalue weighted by Gasteiger charge is -2.25. The van der Waals surface area contributed by atoms with Crippen LogP contribution in [0.15, 0.2) is 11.6 Å². The molecule has 5 nitrogen and oxygen atoms in total. The molecule has 1 aliphatic heterocycles. The van der Waals surface area contributed by atoms with Crippen LogP contribution in [-0.4, -0.2) is 55.5 Å². The van der Waals surface area contributed by atoms with E-state index in [0.717, 1.165) is 0 Å². The third-order valence-electron chi connectivity index (χ3n) is 2.43. The molecule has 0 atom stereocenters. The maximum atomic E-state index is 11.1. The molecule has 1 rings (SSSR count). The maximum absolute atomic E-state index is 11.1. The number of carboxylic acids is 1. The predicted octanol–water partition coefficient (Wildman–Crippen LogP) is -0.252. The lowest BCUT2D eigenvalue weighted by molar-refractivity contribution is -0.132. The van der Waals surface area contributed by atoms with Gasteiger partial charge in [-0.05, 0) is 6.92 Å². The Labute approximate surface area is 89.3 Å². The summed E-state index contributed by atoms with van der Waals surface area (Å²) < 4.78 is 22.2. The van der Waals surface area contributed by atoms with Crippen LogP contribution in [0.2, 0.25) is 0 Å². The molecule has 1 heterocycles. The van der Waals surface area contributed by atoms with E-state index < -0.39 is 15.8 Å². The van der Waals surface area contributed by atoms with Crippen LogP contribution in [-0.2, 0) is 14.6 Å². The second kappa shape index (κ2) is 4.76. The lowest BCUT2D eigenvalue weighted by atomic mass is 10.3. The SMILES string of the molecule is CC(=CCN1CCS(=O)(=O)CC1)C(=O)O. The number of aliphatic carboxylic acids is 1. The third-order valence-corrected chi connectivity index (χ3v) is 4.04. The zero-order chi connectivity index (χ0) is 11.5. The molecule has 0 aromatic heterocycles. The fourth-order valence-electron chi connectivity index (χ4n) is 1.29. The molecule has 0 bridgehead atoms. The Balaban J connectivity index is 2.43. The molecular weight excluding hydrogens is 218 g/mol. The lowest BCUT2D eigenvalue weighted by Crippen LogP contribution is -2.40. The molecule has 0 unspecified atom stereocenters.